The van der Waals surface area contributed by atoms with E-state index < -0.39 is 0 Å². The van der Waals surface area contributed by atoms with E-state index in [0.29, 0.717) is 6.10 Å². The summed E-state index contributed by atoms with van der Waals surface area (Å²) >= 11 is 0. The normalized spacial score (nSPS) is 53.4. The molecule has 2 saturated carbocycles. The van der Waals surface area contributed by atoms with E-state index in [1.807, 2.05) is 0 Å². The molecule has 3 rings (SSSR count). The van der Waals surface area contributed by atoms with Crippen LogP contribution < -0.4 is 0 Å². The Morgan fingerprint density at radius 1 is 1.23 bits per heavy atom. The van der Waals surface area contributed by atoms with Crippen LogP contribution in [0.15, 0.2) is 12.7 Å². The van der Waals surface area contributed by atoms with Crippen LogP contribution in [0.25, 0.3) is 0 Å². The molecule has 2 bridgehead atoms. The van der Waals surface area contributed by atoms with Gasteiger partial charge >= 0.3 is 0 Å². The quantitative estimate of drug-likeness (QED) is 0.561. The van der Waals surface area contributed by atoms with E-state index in [1.165, 1.54) is 25.7 Å². The minimum absolute atomic E-state index is 0.634. The summed E-state index contributed by atoms with van der Waals surface area (Å²) < 4.78 is 5.89. The molecule has 0 aromatic carbocycles. The zero-order valence-corrected chi connectivity index (χ0v) is 8.11. The van der Waals surface area contributed by atoms with Crippen LogP contribution in [0.5, 0.6) is 0 Å². The Kier molecular flexibility index (Phi) is 1.76. The van der Waals surface area contributed by atoms with Gasteiger partial charge in [-0.1, -0.05) is 6.08 Å². The second-order valence-electron chi connectivity index (χ2n) is 4.94. The summed E-state index contributed by atoms with van der Waals surface area (Å²) in [6.45, 7) is 4.98. The number of hydrogen-bond donors (Lipinski definition) is 0. The van der Waals surface area contributed by atoms with E-state index >= 15 is 0 Å². The molecule has 72 valence electrons. The number of fused-ring (bicyclic) bond motifs is 5. The van der Waals surface area contributed by atoms with E-state index in [9.17, 15) is 0 Å². The third kappa shape index (κ3) is 1.03. The predicted octanol–water partition coefficient (Wildman–Crippen LogP) is 2.62. The van der Waals surface area contributed by atoms with Gasteiger partial charge < -0.3 is 4.74 Å². The van der Waals surface area contributed by atoms with Crippen LogP contribution in [0.4, 0.5) is 0 Å². The van der Waals surface area contributed by atoms with Crippen molar-refractivity contribution in [1.29, 1.82) is 0 Å². The summed E-state index contributed by atoms with van der Waals surface area (Å²) in [5.74, 6) is 3.49. The molecule has 1 heterocycles. The SMILES string of the molecule is C=CC1CC2CC1C1CCCOC21. The lowest BCUT2D eigenvalue weighted by Crippen LogP contribution is -2.37. The molecule has 3 aliphatic rings. The molecule has 13 heavy (non-hydrogen) atoms. The predicted molar refractivity (Wildman–Crippen MR) is 52.4 cm³/mol. The minimum atomic E-state index is 0.634. The summed E-state index contributed by atoms with van der Waals surface area (Å²) in [4.78, 5) is 0. The first-order chi connectivity index (χ1) is 6.40. The van der Waals surface area contributed by atoms with Crippen molar-refractivity contribution in [2.75, 3.05) is 6.61 Å². The van der Waals surface area contributed by atoms with Crippen LogP contribution in [0.1, 0.15) is 25.7 Å². The van der Waals surface area contributed by atoms with Gasteiger partial charge in [-0.25, -0.2) is 0 Å². The van der Waals surface area contributed by atoms with Gasteiger partial charge in [-0.05, 0) is 49.4 Å². The van der Waals surface area contributed by atoms with Crippen LogP contribution in [0, 0.1) is 23.7 Å². The highest BCUT2D eigenvalue weighted by Gasteiger charge is 2.52. The molecule has 1 heteroatoms. The molecular formula is C12H18O. The van der Waals surface area contributed by atoms with Crippen LogP contribution >= 0.6 is 0 Å². The molecule has 1 saturated heterocycles. The number of hydrogen-bond acceptors (Lipinski definition) is 1. The fourth-order valence-corrected chi connectivity index (χ4v) is 3.95. The van der Waals surface area contributed by atoms with Gasteiger partial charge in [0.15, 0.2) is 0 Å². The summed E-state index contributed by atoms with van der Waals surface area (Å²) in [5.41, 5.74) is 0. The van der Waals surface area contributed by atoms with Crippen LogP contribution in [0.2, 0.25) is 0 Å². The highest BCUT2D eigenvalue weighted by molar-refractivity contribution is 5.06. The Morgan fingerprint density at radius 2 is 2.15 bits per heavy atom. The Balaban J connectivity index is 1.83. The lowest BCUT2D eigenvalue weighted by Gasteiger charge is -2.37. The second-order valence-corrected chi connectivity index (χ2v) is 4.94. The molecule has 1 nitrogen and oxygen atoms in total. The van der Waals surface area contributed by atoms with Crippen LogP contribution in [-0.2, 0) is 4.74 Å². The molecule has 3 fully saturated rings. The van der Waals surface area contributed by atoms with Gasteiger partial charge in [0.1, 0.15) is 0 Å². The highest BCUT2D eigenvalue weighted by Crippen LogP contribution is 2.55. The molecule has 0 aromatic heterocycles. The maximum Gasteiger partial charge on any atom is 0.0634 e. The molecule has 0 aromatic rings. The Labute approximate surface area is 80.2 Å². The standard InChI is InChI=1S/C12H18O/c1-2-8-6-9-7-11(8)10-4-3-5-13-12(9)10/h2,8-12H,1,3-7H2. The first-order valence-electron chi connectivity index (χ1n) is 5.64. The lowest BCUT2D eigenvalue weighted by atomic mass is 9.76. The molecule has 5 atom stereocenters. The third-order valence-corrected chi connectivity index (χ3v) is 4.43. The van der Waals surface area contributed by atoms with Gasteiger partial charge in [-0.2, -0.15) is 0 Å². The monoisotopic (exact) mass is 178 g/mol. The van der Waals surface area contributed by atoms with Gasteiger partial charge in [-0.3, -0.25) is 0 Å². The minimum Gasteiger partial charge on any atom is -0.378 e. The Hall–Kier alpha value is -0.300. The molecule has 0 N–H and O–H groups in total. The van der Waals surface area contributed by atoms with E-state index in [1.54, 1.807) is 0 Å². The third-order valence-electron chi connectivity index (χ3n) is 4.43. The maximum atomic E-state index is 5.89. The van der Waals surface area contributed by atoms with Gasteiger partial charge in [-0.15, -0.1) is 6.58 Å². The Morgan fingerprint density at radius 3 is 3.00 bits per heavy atom. The van der Waals surface area contributed by atoms with Crippen molar-refractivity contribution in [1.82, 2.24) is 0 Å². The first kappa shape index (κ1) is 8.05. The number of rotatable bonds is 1. The molecule has 0 radical (unpaired) electrons. The van der Waals surface area contributed by atoms with Crippen molar-refractivity contribution in [3.05, 3.63) is 12.7 Å². The molecule has 5 unspecified atom stereocenters. The first-order valence-corrected chi connectivity index (χ1v) is 5.64. The number of ether oxygens (including phenoxy) is 1. The fourth-order valence-electron chi connectivity index (χ4n) is 3.95. The lowest BCUT2D eigenvalue weighted by molar-refractivity contribution is -0.0607. The topological polar surface area (TPSA) is 9.23 Å². The van der Waals surface area contributed by atoms with Crippen molar-refractivity contribution >= 4 is 0 Å². The van der Waals surface area contributed by atoms with Gasteiger partial charge in [0, 0.05) is 6.61 Å². The van der Waals surface area contributed by atoms with Crippen LogP contribution in [-0.4, -0.2) is 12.7 Å². The smallest absolute Gasteiger partial charge is 0.0634 e. The summed E-state index contributed by atoms with van der Waals surface area (Å²) in [7, 11) is 0. The van der Waals surface area contributed by atoms with Gasteiger partial charge in [0.05, 0.1) is 6.10 Å². The molecule has 2 aliphatic carbocycles. The van der Waals surface area contributed by atoms with Gasteiger partial charge in [0.25, 0.3) is 0 Å². The zero-order valence-electron chi connectivity index (χ0n) is 8.11. The van der Waals surface area contributed by atoms with E-state index in [-0.39, 0.29) is 0 Å². The average Bonchev–Trinajstić information content (AvgIpc) is 2.75. The van der Waals surface area contributed by atoms with Crippen molar-refractivity contribution in [3.8, 4) is 0 Å². The summed E-state index contributed by atoms with van der Waals surface area (Å²) in [5, 5.41) is 0. The fraction of sp³-hybridized carbons (Fsp3) is 0.833. The number of allylic oxidation sites excluding steroid dienone is 1. The zero-order chi connectivity index (χ0) is 8.84. The van der Waals surface area contributed by atoms with Crippen molar-refractivity contribution in [2.45, 2.75) is 31.8 Å². The molecule has 1 aliphatic heterocycles. The van der Waals surface area contributed by atoms with E-state index in [2.05, 4.69) is 12.7 Å². The molecule has 0 amide bonds. The van der Waals surface area contributed by atoms with Crippen molar-refractivity contribution < 1.29 is 4.74 Å². The van der Waals surface area contributed by atoms with Crippen molar-refractivity contribution in [3.63, 3.8) is 0 Å². The van der Waals surface area contributed by atoms with E-state index in [4.69, 9.17) is 4.74 Å². The van der Waals surface area contributed by atoms with Gasteiger partial charge in [0.2, 0.25) is 0 Å². The molecule has 0 spiro atoms. The summed E-state index contributed by atoms with van der Waals surface area (Å²) in [6.07, 6.45) is 8.30. The molecular weight excluding hydrogens is 160 g/mol. The Bertz CT molecular complexity index is 223. The average molecular weight is 178 g/mol. The second kappa shape index (κ2) is 2.84. The largest absolute Gasteiger partial charge is 0.378 e. The summed E-state index contributed by atoms with van der Waals surface area (Å²) in [6, 6.07) is 0. The maximum absolute atomic E-state index is 5.89. The van der Waals surface area contributed by atoms with Crippen LogP contribution in [0.3, 0.4) is 0 Å². The highest BCUT2D eigenvalue weighted by atomic mass is 16.5. The van der Waals surface area contributed by atoms with Crippen molar-refractivity contribution in [2.24, 2.45) is 23.7 Å². The van der Waals surface area contributed by atoms with E-state index in [0.717, 1.165) is 30.3 Å².